The number of fused-ring (bicyclic) bond motifs is 22. The van der Waals surface area contributed by atoms with Crippen LogP contribution in [0.15, 0.2) is 510 Å². The van der Waals surface area contributed by atoms with E-state index in [1.54, 1.807) is 0 Å². The van der Waals surface area contributed by atoms with Crippen molar-refractivity contribution in [1.82, 2.24) is 18.3 Å². The van der Waals surface area contributed by atoms with Gasteiger partial charge in [-0.15, -0.1) is 0 Å². The van der Waals surface area contributed by atoms with E-state index in [-0.39, 0.29) is 0 Å². The topological polar surface area (TPSA) is 19.7 Å². The van der Waals surface area contributed by atoms with Crippen LogP contribution in [0.2, 0.25) is 0 Å². The van der Waals surface area contributed by atoms with Crippen molar-refractivity contribution in [2.45, 2.75) is 10.8 Å². The van der Waals surface area contributed by atoms with Crippen LogP contribution >= 0.6 is 0 Å². The van der Waals surface area contributed by atoms with Gasteiger partial charge in [0.2, 0.25) is 0 Å². The van der Waals surface area contributed by atoms with Gasteiger partial charge in [-0.3, -0.25) is 0 Å². The van der Waals surface area contributed by atoms with Crippen LogP contribution in [0, 0.1) is 0 Å². The normalized spacial score (nSPS) is 12.9. The summed E-state index contributed by atoms with van der Waals surface area (Å²) in [7, 11) is 0. The van der Waals surface area contributed by atoms with Crippen LogP contribution in [0.5, 0.6) is 0 Å². The highest BCUT2D eigenvalue weighted by molar-refractivity contribution is 6.20. The molecule has 0 spiro atoms. The van der Waals surface area contributed by atoms with Gasteiger partial charge in [0.15, 0.2) is 0 Å². The first-order valence-electron chi connectivity index (χ1n) is 46.5. The lowest BCUT2D eigenvalue weighted by Gasteiger charge is -2.34. The molecule has 134 heavy (non-hydrogen) atoms. The molecular weight excluding hydrogens is 1620 g/mol. The number of benzene rings is 22. The molecule has 4 nitrogen and oxygen atoms in total. The summed E-state index contributed by atoms with van der Waals surface area (Å²) in [5.41, 5.74) is 38.2. The second kappa shape index (κ2) is 30.6. The molecule has 0 saturated heterocycles. The van der Waals surface area contributed by atoms with Gasteiger partial charge in [-0.25, -0.2) is 0 Å². The minimum absolute atomic E-state index is 0.503. The lowest BCUT2D eigenvalue weighted by molar-refractivity contribution is 0.769. The molecule has 624 valence electrons. The fraction of sp³-hybridized carbons (Fsp3) is 0.0154. The minimum Gasteiger partial charge on any atom is -0.309 e. The molecule has 0 N–H and O–H groups in total. The predicted molar refractivity (Wildman–Crippen MR) is 562 cm³/mol. The van der Waals surface area contributed by atoms with Crippen molar-refractivity contribution in [2.75, 3.05) is 0 Å². The van der Waals surface area contributed by atoms with Gasteiger partial charge >= 0.3 is 0 Å². The van der Waals surface area contributed by atoms with Crippen molar-refractivity contribution < 1.29 is 0 Å². The van der Waals surface area contributed by atoms with Gasteiger partial charge in [0.25, 0.3) is 0 Å². The summed E-state index contributed by atoms with van der Waals surface area (Å²) in [6.07, 6.45) is 0. The van der Waals surface area contributed by atoms with Crippen molar-refractivity contribution >= 4 is 109 Å². The zero-order chi connectivity index (χ0) is 88.1. The van der Waals surface area contributed by atoms with Crippen LogP contribution in [0.25, 0.3) is 198 Å². The predicted octanol–water partition coefficient (Wildman–Crippen LogP) is 33.5. The lowest BCUT2D eigenvalue weighted by Crippen LogP contribution is -2.29. The summed E-state index contributed by atoms with van der Waals surface area (Å²) >= 11 is 0. The maximum atomic E-state index is 2.56. The van der Waals surface area contributed by atoms with Crippen LogP contribution in [-0.2, 0) is 10.8 Å². The van der Waals surface area contributed by atoms with E-state index in [2.05, 4.69) is 528 Å². The van der Waals surface area contributed by atoms with E-state index in [9.17, 15) is 0 Å². The molecule has 0 atom stereocenters. The van der Waals surface area contributed by atoms with E-state index in [0.717, 1.165) is 22.7 Å². The van der Waals surface area contributed by atoms with Gasteiger partial charge in [0.05, 0.1) is 55.0 Å². The van der Waals surface area contributed by atoms with Crippen molar-refractivity contribution in [3.8, 4) is 89.5 Å². The molecule has 28 rings (SSSR count). The quantitative estimate of drug-likeness (QED) is 0.116. The molecule has 2 aliphatic carbocycles. The number of hydrogen-bond donors (Lipinski definition) is 0. The van der Waals surface area contributed by atoms with E-state index in [1.807, 2.05) is 0 Å². The molecule has 0 radical (unpaired) electrons. The Morgan fingerprint density at radius 3 is 0.918 bits per heavy atom. The van der Waals surface area contributed by atoms with E-state index in [1.165, 1.54) is 220 Å². The minimum atomic E-state index is -0.569. The molecule has 4 heterocycles. The molecule has 0 unspecified atom stereocenters. The number of rotatable bonds is 12. The van der Waals surface area contributed by atoms with E-state index < -0.39 is 10.8 Å². The molecule has 22 aromatic carbocycles. The zero-order valence-corrected chi connectivity index (χ0v) is 73.3. The third-order valence-electron chi connectivity index (χ3n) is 29.1. The van der Waals surface area contributed by atoms with Crippen molar-refractivity contribution in [1.29, 1.82) is 0 Å². The highest BCUT2D eigenvalue weighted by Crippen LogP contribution is 2.62. The standard InChI is InChI=1S/2C65H42N2/c1-4-16-43(17-5-1)45-28-33-51(34-29-45)66-60-27-15-13-24-53(60)56-41-47(31-38-61(56)66)48-32-39-62-57(42-48)54-36-37-59-63(64(54)67(62)52-35-30-44-18-10-11-19-46(44)40-52)55-25-12-14-26-58(55)65(59,49-20-6-2-7-21-49)50-22-8-3-9-23-50;1-4-16-43(17-5-1)45-28-33-51(34-29-45)66-60-27-15-13-25-54(60)57-41-47(31-38-61(57)66)48-32-39-62-58(42-48)56-37-36-55-53-24-12-14-26-59(53)65(49-20-6-2-7-21-49,50-22-8-3-9-23-50)63(55)64(56)67(62)52-35-30-44-18-10-11-19-46(44)40-52/h2*1-42H. The highest BCUT2D eigenvalue weighted by Gasteiger charge is 2.50. The van der Waals surface area contributed by atoms with Gasteiger partial charge in [-0.05, 0) is 231 Å². The Hall–Kier alpha value is -17.4. The lowest BCUT2D eigenvalue weighted by atomic mass is 9.67. The Morgan fingerprint density at radius 1 is 0.149 bits per heavy atom. The monoisotopic (exact) mass is 1700 g/mol. The Kier molecular flexibility index (Phi) is 17.5. The van der Waals surface area contributed by atoms with Crippen molar-refractivity contribution in [2.24, 2.45) is 0 Å². The molecule has 0 bridgehead atoms. The largest absolute Gasteiger partial charge is 0.309 e. The smallest absolute Gasteiger partial charge is 0.0734 e. The molecule has 4 aromatic heterocycles. The average molecular weight is 1700 g/mol. The van der Waals surface area contributed by atoms with E-state index >= 15 is 0 Å². The summed E-state index contributed by atoms with van der Waals surface area (Å²) < 4.78 is 9.93. The number of nitrogens with zero attached hydrogens (tertiary/aromatic N) is 4. The average Bonchev–Trinajstić information content (AvgIpc) is 1.51. The maximum Gasteiger partial charge on any atom is 0.0734 e. The summed E-state index contributed by atoms with van der Waals surface area (Å²) in [5.74, 6) is 0. The molecule has 0 aliphatic heterocycles. The molecule has 2 aliphatic rings. The molecule has 26 aromatic rings. The zero-order valence-electron chi connectivity index (χ0n) is 73.3. The van der Waals surface area contributed by atoms with Gasteiger partial charge in [0, 0.05) is 77.0 Å². The Morgan fingerprint density at radius 2 is 0.463 bits per heavy atom. The SMILES string of the molecule is c1ccc(-c2ccc(-n3c4ccccc4c4cc(-c5ccc6c(c5)c5ccc7c(c5n6-c5ccc6ccccc6c5)-c5ccccc5C7(c5ccccc5)c5ccccc5)ccc43)cc2)cc1.c1ccc(-c2ccc(-n3c4ccccc4c4cc(-c5ccc6c(c5)c5ccc7c(c5n6-c5ccc6ccccc6c5)C(c5ccccc5)(c5ccccc5)c5ccccc5-7)ccc43)cc2)cc1. The maximum absolute atomic E-state index is 2.56. The summed E-state index contributed by atoms with van der Waals surface area (Å²) in [5, 5.41) is 14.8. The van der Waals surface area contributed by atoms with Crippen LogP contribution in [0.4, 0.5) is 0 Å². The molecule has 0 fully saturated rings. The fourth-order valence-corrected chi connectivity index (χ4v) is 23.3. The molecule has 4 heteroatoms. The van der Waals surface area contributed by atoms with Gasteiger partial charge < -0.3 is 18.3 Å². The Labute approximate surface area is 776 Å². The second-order valence-electron chi connectivity index (χ2n) is 36.0. The van der Waals surface area contributed by atoms with Crippen LogP contribution < -0.4 is 0 Å². The summed E-state index contributed by atoms with van der Waals surface area (Å²) in [4.78, 5) is 0. The number of hydrogen-bond acceptors (Lipinski definition) is 0. The summed E-state index contributed by atoms with van der Waals surface area (Å²) in [6, 6.07) is 189. The van der Waals surface area contributed by atoms with Crippen LogP contribution in [-0.4, -0.2) is 18.3 Å². The van der Waals surface area contributed by atoms with Gasteiger partial charge in [0.1, 0.15) is 0 Å². The number of para-hydroxylation sites is 2. The first kappa shape index (κ1) is 76.6. The molecule has 0 saturated carbocycles. The number of aromatic nitrogens is 4. The Balaban J connectivity index is 0.000000136. The highest BCUT2D eigenvalue weighted by atomic mass is 15.0. The second-order valence-corrected chi connectivity index (χ2v) is 36.0. The first-order chi connectivity index (χ1) is 66.5. The van der Waals surface area contributed by atoms with E-state index in [4.69, 9.17) is 0 Å². The van der Waals surface area contributed by atoms with E-state index in [0.29, 0.717) is 0 Å². The third-order valence-corrected chi connectivity index (χ3v) is 29.1. The van der Waals surface area contributed by atoms with Gasteiger partial charge in [-0.1, -0.05) is 400 Å². The van der Waals surface area contributed by atoms with Gasteiger partial charge in [-0.2, -0.15) is 0 Å². The molecular formula is C130H84N4. The van der Waals surface area contributed by atoms with Crippen molar-refractivity contribution in [3.05, 3.63) is 554 Å². The Bertz CT molecular complexity index is 9120. The van der Waals surface area contributed by atoms with Crippen LogP contribution in [0.1, 0.15) is 44.5 Å². The summed E-state index contributed by atoms with van der Waals surface area (Å²) in [6.45, 7) is 0. The van der Waals surface area contributed by atoms with Crippen LogP contribution in [0.3, 0.4) is 0 Å². The molecule has 0 amide bonds. The fourth-order valence-electron chi connectivity index (χ4n) is 23.3. The third kappa shape index (κ3) is 11.6. The van der Waals surface area contributed by atoms with Crippen molar-refractivity contribution in [3.63, 3.8) is 0 Å². The first-order valence-corrected chi connectivity index (χ1v) is 46.5.